The molecule has 0 unspecified atom stereocenters. The summed E-state index contributed by atoms with van der Waals surface area (Å²) in [4.78, 5) is 8.90. The molecule has 0 spiro atoms. The number of carboxylic acids is 1. The molecule has 0 aromatic carbocycles. The van der Waals surface area contributed by atoms with Crippen molar-refractivity contribution in [2.75, 3.05) is 0 Å². The van der Waals surface area contributed by atoms with Crippen LogP contribution in [0.4, 0.5) is 13.2 Å². The molecule has 0 aliphatic carbocycles. The van der Waals surface area contributed by atoms with Gasteiger partial charge in [0.15, 0.2) is 0 Å². The fourth-order valence-corrected chi connectivity index (χ4v) is 0. The Morgan fingerprint density at radius 3 is 0.933 bits per heavy atom. The largest absolute Gasteiger partial charge is 1.00 e. The summed E-state index contributed by atoms with van der Waals surface area (Å²) in [7, 11) is 0. The summed E-state index contributed by atoms with van der Waals surface area (Å²) in [5.41, 5.74) is 0. The van der Waals surface area contributed by atoms with Crippen molar-refractivity contribution in [2.45, 2.75) is 6.18 Å². The molecule has 0 fully saturated rings. The molecule has 0 aromatic heterocycles. The smallest absolute Gasteiger partial charge is 0.870 e. The Labute approximate surface area is 103 Å². The molecular weight excluding hydrogens is 248 g/mol. The van der Waals surface area contributed by atoms with E-state index in [1.54, 1.807) is 0 Å². The number of aliphatic carboxylic acids is 1. The van der Waals surface area contributed by atoms with Crippen LogP contribution >= 0.6 is 0 Å². The van der Waals surface area contributed by atoms with E-state index in [0.717, 1.165) is 0 Å². The van der Waals surface area contributed by atoms with Crippen molar-refractivity contribution >= 4 is 5.97 Å². The molecule has 15 heavy (non-hydrogen) atoms. The predicted molar refractivity (Wildman–Crippen MR) is 37.3 cm³/mol. The molecular formula is C2H14F3NaO9. The number of hydrogen-bond acceptors (Lipinski definition) is 2. The van der Waals surface area contributed by atoms with Crippen molar-refractivity contribution in [2.24, 2.45) is 0 Å². The normalized spacial score (nSPS) is 5.27. The summed E-state index contributed by atoms with van der Waals surface area (Å²) in [5.74, 6) is -2.76. The third-order valence-electron chi connectivity index (χ3n) is 0.243. The van der Waals surface area contributed by atoms with Gasteiger partial charge in [0.1, 0.15) is 0 Å². The van der Waals surface area contributed by atoms with Crippen LogP contribution in [0.2, 0.25) is 0 Å². The van der Waals surface area contributed by atoms with E-state index in [9.17, 15) is 13.2 Å². The second-order valence-corrected chi connectivity index (χ2v) is 0.803. The van der Waals surface area contributed by atoms with E-state index in [0.29, 0.717) is 0 Å². The van der Waals surface area contributed by atoms with Gasteiger partial charge in [-0.05, 0) is 0 Å². The molecule has 0 radical (unpaired) electrons. The molecule has 0 saturated heterocycles. The van der Waals surface area contributed by atoms with E-state index < -0.39 is 12.1 Å². The van der Waals surface area contributed by atoms with Crippen molar-refractivity contribution in [1.29, 1.82) is 0 Å². The molecule has 9 nitrogen and oxygen atoms in total. The van der Waals surface area contributed by atoms with Crippen LogP contribution < -0.4 is 29.6 Å². The minimum Gasteiger partial charge on any atom is -0.870 e. The Kier molecular flexibility index (Phi) is 159. The number of halogens is 3. The van der Waals surface area contributed by atoms with Crippen LogP contribution in [-0.2, 0) is 4.79 Å². The summed E-state index contributed by atoms with van der Waals surface area (Å²) in [6, 6.07) is 0. The minimum atomic E-state index is -5.08. The van der Waals surface area contributed by atoms with Gasteiger partial charge in [0.25, 0.3) is 0 Å². The number of rotatable bonds is 0. The summed E-state index contributed by atoms with van der Waals surface area (Å²) in [5, 5.41) is 7.12. The van der Waals surface area contributed by atoms with Crippen molar-refractivity contribution in [3.8, 4) is 0 Å². The van der Waals surface area contributed by atoms with Crippen LogP contribution in [0.3, 0.4) is 0 Å². The average molecular weight is 262 g/mol. The van der Waals surface area contributed by atoms with Crippen molar-refractivity contribution in [3.05, 3.63) is 0 Å². The molecule has 0 aliphatic heterocycles. The minimum absolute atomic E-state index is 0. The Balaban J connectivity index is -0.00000000643. The molecule has 0 atom stereocenters. The second-order valence-electron chi connectivity index (χ2n) is 0.803. The number of carbonyl (C=O) groups is 1. The Bertz CT molecular complexity index is 95.8. The summed E-state index contributed by atoms with van der Waals surface area (Å²) >= 11 is 0. The van der Waals surface area contributed by atoms with Gasteiger partial charge in [-0.25, -0.2) is 4.79 Å². The zero-order valence-electron chi connectivity index (χ0n) is 7.44. The zero-order chi connectivity index (χ0) is 6.08. The number of carboxylic acid groups (broad SMARTS) is 1. The fourth-order valence-electron chi connectivity index (χ4n) is 0. The topological polar surface area (TPSA) is 256 Å². The van der Waals surface area contributed by atoms with E-state index in [-0.39, 0.29) is 67.9 Å². The molecule has 0 aliphatic rings. The summed E-state index contributed by atoms with van der Waals surface area (Å²) in [6.07, 6.45) is -5.08. The first-order valence-electron chi connectivity index (χ1n) is 1.24. The van der Waals surface area contributed by atoms with Crippen LogP contribution in [0.1, 0.15) is 0 Å². The molecule has 98 valence electrons. The molecule has 14 N–H and O–H groups in total. The zero-order valence-corrected chi connectivity index (χ0v) is 9.44. The maximum Gasteiger partial charge on any atom is 1.00 e. The molecule has 0 amide bonds. The van der Waals surface area contributed by atoms with Gasteiger partial charge < -0.3 is 43.4 Å². The maximum atomic E-state index is 10.6. The Morgan fingerprint density at radius 2 is 0.933 bits per heavy atom. The van der Waals surface area contributed by atoms with Crippen LogP contribution in [0, 0.1) is 0 Å². The standard InChI is InChI=1S/C2HF3O2.Na.7H2O/c3-2(4,5)1(6)7;;;;;;;;/h(H,6,7);;7*1H2/q;+1;;;;;;;/p-1. The van der Waals surface area contributed by atoms with Gasteiger partial charge in [-0.15, -0.1) is 0 Å². The molecule has 13 heteroatoms. The van der Waals surface area contributed by atoms with Gasteiger partial charge in [-0.3, -0.25) is 0 Å². The SMILES string of the molecule is O.O.O.O.O.O.O=C(O)C(F)(F)F.[Na+].[OH-]. The van der Waals surface area contributed by atoms with Crippen LogP contribution in [0.15, 0.2) is 0 Å². The van der Waals surface area contributed by atoms with Gasteiger partial charge in [0, 0.05) is 0 Å². The molecule has 0 bridgehead atoms. The van der Waals surface area contributed by atoms with E-state index in [1.807, 2.05) is 0 Å². The molecule has 0 saturated carbocycles. The first kappa shape index (κ1) is 81.9. The van der Waals surface area contributed by atoms with Gasteiger partial charge in [0.05, 0.1) is 0 Å². The molecule has 0 aromatic rings. The molecule has 0 heterocycles. The monoisotopic (exact) mass is 262 g/mol. The summed E-state index contributed by atoms with van der Waals surface area (Å²) < 4.78 is 31.7. The first-order valence-corrected chi connectivity index (χ1v) is 1.24. The molecule has 0 rings (SSSR count). The van der Waals surface area contributed by atoms with Gasteiger partial charge in [0.2, 0.25) is 0 Å². The predicted octanol–water partition coefficient (Wildman–Crippen LogP) is -7.49. The Morgan fingerprint density at radius 1 is 0.867 bits per heavy atom. The van der Waals surface area contributed by atoms with Crippen molar-refractivity contribution in [3.63, 3.8) is 0 Å². The van der Waals surface area contributed by atoms with E-state index >= 15 is 0 Å². The number of alkyl halides is 3. The number of hydrogen-bond donors (Lipinski definition) is 1. The third-order valence-corrected chi connectivity index (χ3v) is 0.243. The van der Waals surface area contributed by atoms with Crippen LogP contribution in [0.5, 0.6) is 0 Å². The second kappa shape index (κ2) is 29.2. The van der Waals surface area contributed by atoms with Gasteiger partial charge >= 0.3 is 41.7 Å². The van der Waals surface area contributed by atoms with Crippen molar-refractivity contribution < 1.29 is 91.0 Å². The van der Waals surface area contributed by atoms with Gasteiger partial charge in [-0.2, -0.15) is 13.2 Å². The van der Waals surface area contributed by atoms with Crippen molar-refractivity contribution in [1.82, 2.24) is 0 Å². The van der Waals surface area contributed by atoms with Crippen LogP contribution in [-0.4, -0.2) is 55.6 Å². The first-order chi connectivity index (χ1) is 2.94. The Hall–Kier alpha value is -0.0200. The maximum absolute atomic E-state index is 10.6. The van der Waals surface area contributed by atoms with E-state index in [1.165, 1.54) is 0 Å². The van der Waals surface area contributed by atoms with Gasteiger partial charge in [-0.1, -0.05) is 0 Å². The quantitative estimate of drug-likeness (QED) is 0.417. The third kappa shape index (κ3) is 56.1. The van der Waals surface area contributed by atoms with E-state index in [4.69, 9.17) is 9.90 Å². The van der Waals surface area contributed by atoms with Crippen LogP contribution in [0.25, 0.3) is 0 Å². The average Bonchev–Trinajstić information content (AvgIpc) is 1.31. The summed E-state index contributed by atoms with van der Waals surface area (Å²) in [6.45, 7) is 0. The fraction of sp³-hybridized carbons (Fsp3) is 0.500. The van der Waals surface area contributed by atoms with E-state index in [2.05, 4.69) is 0 Å².